The van der Waals surface area contributed by atoms with Gasteiger partial charge < -0.3 is 25.0 Å². The molecule has 2 aromatic carbocycles. The number of hydrogen-bond donors (Lipinski definition) is 1. The largest absolute Gasteiger partial charge is 0.497 e. The molecule has 0 amide bonds. The summed E-state index contributed by atoms with van der Waals surface area (Å²) in [6.45, 7) is 5.25. The molecule has 1 aromatic heterocycles. The molecule has 2 heterocycles. The van der Waals surface area contributed by atoms with Crippen LogP contribution in [-0.4, -0.2) is 43.3 Å². The zero-order valence-electron chi connectivity index (χ0n) is 17.0. The number of piperazine rings is 1. The summed E-state index contributed by atoms with van der Waals surface area (Å²) >= 11 is 6.09. The van der Waals surface area contributed by atoms with Gasteiger partial charge in [-0.2, -0.15) is 4.98 Å². The normalized spacial score (nSPS) is 14.0. The lowest BCUT2D eigenvalue weighted by Gasteiger charge is -2.37. The number of nitrogen functional groups attached to an aromatic ring is 1. The zero-order valence-corrected chi connectivity index (χ0v) is 17.8. The predicted octanol–water partition coefficient (Wildman–Crippen LogP) is 4.15. The number of hydrogen-bond acceptors (Lipinski definition) is 7. The van der Waals surface area contributed by atoms with Gasteiger partial charge in [-0.25, -0.2) is 4.98 Å². The molecule has 2 N–H and O–H groups in total. The van der Waals surface area contributed by atoms with Gasteiger partial charge in [0.05, 0.1) is 7.11 Å². The fraction of sp³-hybridized carbons (Fsp3) is 0.273. The van der Waals surface area contributed by atoms with Gasteiger partial charge in [0, 0.05) is 36.9 Å². The Bertz CT molecular complexity index is 1020. The number of halogens is 1. The summed E-state index contributed by atoms with van der Waals surface area (Å²) in [7, 11) is 1.67. The summed E-state index contributed by atoms with van der Waals surface area (Å²) < 4.78 is 11.1. The molecule has 1 saturated heterocycles. The zero-order chi connectivity index (χ0) is 21.1. The molecule has 0 atom stereocenters. The quantitative estimate of drug-likeness (QED) is 0.658. The van der Waals surface area contributed by atoms with Crippen molar-refractivity contribution in [1.82, 2.24) is 9.97 Å². The van der Waals surface area contributed by atoms with Crippen LogP contribution in [0.3, 0.4) is 0 Å². The van der Waals surface area contributed by atoms with Crippen LogP contribution < -0.4 is 25.0 Å². The van der Waals surface area contributed by atoms with E-state index in [0.717, 1.165) is 37.5 Å². The maximum Gasteiger partial charge on any atom is 0.248 e. The van der Waals surface area contributed by atoms with Crippen LogP contribution in [0.2, 0.25) is 5.02 Å². The van der Waals surface area contributed by atoms with E-state index < -0.39 is 0 Å². The van der Waals surface area contributed by atoms with Crippen molar-refractivity contribution in [3.05, 3.63) is 59.4 Å². The third-order valence-corrected chi connectivity index (χ3v) is 5.61. The van der Waals surface area contributed by atoms with E-state index in [0.29, 0.717) is 28.2 Å². The van der Waals surface area contributed by atoms with Crippen molar-refractivity contribution in [3.63, 3.8) is 0 Å². The highest BCUT2D eigenvalue weighted by atomic mass is 35.5. The van der Waals surface area contributed by atoms with E-state index in [1.165, 1.54) is 12.0 Å². The summed E-state index contributed by atoms with van der Waals surface area (Å²) in [4.78, 5) is 13.1. The topological polar surface area (TPSA) is 76.7 Å². The molecule has 0 radical (unpaired) electrons. The first kappa shape index (κ1) is 20.1. The second-order valence-corrected chi connectivity index (χ2v) is 7.51. The highest BCUT2D eigenvalue weighted by Gasteiger charge is 2.22. The molecule has 1 fully saturated rings. The van der Waals surface area contributed by atoms with Crippen LogP contribution in [0.4, 0.5) is 17.2 Å². The molecule has 1 aliphatic rings. The van der Waals surface area contributed by atoms with Crippen molar-refractivity contribution < 1.29 is 9.47 Å². The van der Waals surface area contributed by atoms with Crippen molar-refractivity contribution in [3.8, 4) is 17.4 Å². The van der Waals surface area contributed by atoms with Gasteiger partial charge in [-0.05, 0) is 55.0 Å². The van der Waals surface area contributed by atoms with Crippen molar-refractivity contribution in [2.75, 3.05) is 48.8 Å². The van der Waals surface area contributed by atoms with Crippen LogP contribution in [-0.2, 0) is 0 Å². The number of benzene rings is 2. The van der Waals surface area contributed by atoms with Crippen molar-refractivity contribution in [2.45, 2.75) is 6.92 Å². The van der Waals surface area contributed by atoms with Gasteiger partial charge in [0.1, 0.15) is 23.5 Å². The maximum absolute atomic E-state index is 6.36. The third kappa shape index (κ3) is 4.21. The van der Waals surface area contributed by atoms with Crippen LogP contribution in [0, 0.1) is 6.92 Å². The van der Waals surface area contributed by atoms with E-state index in [4.69, 9.17) is 26.8 Å². The molecule has 30 heavy (non-hydrogen) atoms. The van der Waals surface area contributed by atoms with Crippen LogP contribution in [0.1, 0.15) is 5.56 Å². The number of aryl methyl sites for hydroxylation is 1. The Kier molecular flexibility index (Phi) is 5.81. The number of nitrogens with two attached hydrogens (primary N) is 1. The van der Waals surface area contributed by atoms with E-state index in [1.54, 1.807) is 19.2 Å². The van der Waals surface area contributed by atoms with Crippen LogP contribution >= 0.6 is 11.6 Å². The van der Waals surface area contributed by atoms with Gasteiger partial charge in [-0.3, -0.25) is 0 Å². The molecule has 7 nitrogen and oxygen atoms in total. The highest BCUT2D eigenvalue weighted by Crippen LogP contribution is 2.33. The molecule has 8 heteroatoms. The number of nitrogens with zero attached hydrogens (tertiary/aromatic N) is 4. The Morgan fingerprint density at radius 3 is 2.27 bits per heavy atom. The highest BCUT2D eigenvalue weighted by molar-refractivity contribution is 6.31. The van der Waals surface area contributed by atoms with Gasteiger partial charge in [0.2, 0.25) is 5.88 Å². The number of anilines is 3. The van der Waals surface area contributed by atoms with Crippen molar-refractivity contribution in [1.29, 1.82) is 0 Å². The Labute approximate surface area is 181 Å². The van der Waals surface area contributed by atoms with E-state index in [2.05, 4.69) is 31.9 Å². The molecule has 0 spiro atoms. The number of ether oxygens (including phenoxy) is 2. The Morgan fingerprint density at radius 2 is 1.60 bits per heavy atom. The fourth-order valence-electron chi connectivity index (χ4n) is 3.47. The third-order valence-electron chi connectivity index (χ3n) is 5.19. The minimum absolute atomic E-state index is 0.347. The average molecular weight is 426 g/mol. The van der Waals surface area contributed by atoms with Crippen molar-refractivity contribution >= 4 is 28.8 Å². The summed E-state index contributed by atoms with van der Waals surface area (Å²) in [5.74, 6) is 2.53. The lowest BCUT2D eigenvalue weighted by atomic mass is 10.2. The second-order valence-electron chi connectivity index (χ2n) is 7.10. The second kappa shape index (κ2) is 8.67. The smallest absolute Gasteiger partial charge is 0.248 e. The number of rotatable bonds is 5. The minimum atomic E-state index is 0.347. The van der Waals surface area contributed by atoms with Gasteiger partial charge in [0.25, 0.3) is 0 Å². The number of aromatic nitrogens is 2. The van der Waals surface area contributed by atoms with E-state index >= 15 is 0 Å². The first-order chi connectivity index (χ1) is 14.5. The molecular formula is C22H24ClN5O2. The minimum Gasteiger partial charge on any atom is -0.497 e. The fourth-order valence-corrected chi connectivity index (χ4v) is 3.58. The molecule has 0 saturated carbocycles. The molecule has 4 rings (SSSR count). The Balaban J connectivity index is 1.45. The predicted molar refractivity (Wildman–Crippen MR) is 120 cm³/mol. The first-order valence-electron chi connectivity index (χ1n) is 9.73. The lowest BCUT2D eigenvalue weighted by molar-refractivity contribution is 0.415. The molecule has 0 aliphatic carbocycles. The van der Waals surface area contributed by atoms with E-state index in [9.17, 15) is 0 Å². The van der Waals surface area contributed by atoms with Crippen LogP contribution in [0.5, 0.6) is 17.4 Å². The summed E-state index contributed by atoms with van der Waals surface area (Å²) in [5, 5.41) is 0.688. The van der Waals surface area contributed by atoms with Gasteiger partial charge >= 0.3 is 0 Å². The SMILES string of the molecule is COc1ccc(N2CCN(c3ncnc(Oc4ccc(Cl)c(C)c4)c3N)CC2)cc1. The molecule has 0 unspecified atom stereocenters. The lowest BCUT2D eigenvalue weighted by Crippen LogP contribution is -2.47. The molecular weight excluding hydrogens is 402 g/mol. The van der Waals surface area contributed by atoms with Crippen LogP contribution in [0.25, 0.3) is 0 Å². The molecule has 0 bridgehead atoms. The molecule has 1 aliphatic heterocycles. The van der Waals surface area contributed by atoms with Crippen molar-refractivity contribution in [2.24, 2.45) is 0 Å². The summed E-state index contributed by atoms with van der Waals surface area (Å²) in [5.41, 5.74) is 8.90. The van der Waals surface area contributed by atoms with Crippen LogP contribution in [0.15, 0.2) is 48.8 Å². The molecule has 3 aromatic rings. The standard InChI is InChI=1S/C22H24ClN5O2/c1-15-13-18(7-8-19(15)23)30-22-20(24)21(25-14-26-22)28-11-9-27(10-12-28)16-3-5-17(29-2)6-4-16/h3-8,13-14H,9-12,24H2,1-2H3. The monoisotopic (exact) mass is 425 g/mol. The molecule has 156 valence electrons. The number of methoxy groups -OCH3 is 1. The first-order valence-corrected chi connectivity index (χ1v) is 10.1. The summed E-state index contributed by atoms with van der Waals surface area (Å²) in [6.07, 6.45) is 1.49. The van der Waals surface area contributed by atoms with E-state index in [-0.39, 0.29) is 0 Å². The van der Waals surface area contributed by atoms with Gasteiger partial charge in [-0.1, -0.05) is 11.6 Å². The summed E-state index contributed by atoms with van der Waals surface area (Å²) in [6, 6.07) is 13.6. The Morgan fingerprint density at radius 1 is 0.933 bits per heavy atom. The van der Waals surface area contributed by atoms with Gasteiger partial charge in [0.15, 0.2) is 5.82 Å². The van der Waals surface area contributed by atoms with E-state index in [1.807, 2.05) is 25.1 Å². The Hall–Kier alpha value is -3.19. The van der Waals surface area contributed by atoms with Gasteiger partial charge in [-0.15, -0.1) is 0 Å². The average Bonchev–Trinajstić information content (AvgIpc) is 2.78. The maximum atomic E-state index is 6.36.